The molecular formula is C14H22O4. The largest absolute Gasteiger partial charge is 0.497 e. The van der Waals surface area contributed by atoms with E-state index in [4.69, 9.17) is 14.2 Å². The number of benzene rings is 1. The van der Waals surface area contributed by atoms with E-state index in [0.29, 0.717) is 18.1 Å². The molecule has 0 radical (unpaired) electrons. The van der Waals surface area contributed by atoms with Crippen molar-refractivity contribution in [2.45, 2.75) is 19.4 Å². The molecule has 0 bridgehead atoms. The van der Waals surface area contributed by atoms with Gasteiger partial charge in [-0.25, -0.2) is 0 Å². The van der Waals surface area contributed by atoms with Crippen LogP contribution in [0.2, 0.25) is 0 Å². The topological polar surface area (TPSA) is 47.9 Å². The molecule has 0 fully saturated rings. The molecule has 18 heavy (non-hydrogen) atoms. The molecule has 4 heteroatoms. The summed E-state index contributed by atoms with van der Waals surface area (Å²) in [6.45, 7) is 2.63. The lowest BCUT2D eigenvalue weighted by atomic mass is 9.94. The molecule has 1 N–H and O–H groups in total. The molecule has 1 aromatic rings. The van der Waals surface area contributed by atoms with Gasteiger partial charge in [-0.15, -0.1) is 0 Å². The third kappa shape index (κ3) is 3.62. The summed E-state index contributed by atoms with van der Waals surface area (Å²) in [4.78, 5) is 0. The summed E-state index contributed by atoms with van der Waals surface area (Å²) in [5.74, 6) is 1.46. The molecule has 0 spiro atoms. The molecule has 0 saturated heterocycles. The van der Waals surface area contributed by atoms with Crippen molar-refractivity contribution in [2.75, 3.05) is 27.9 Å². The first-order valence-electron chi connectivity index (χ1n) is 6.03. The van der Waals surface area contributed by atoms with Crippen molar-refractivity contribution >= 4 is 0 Å². The molecule has 0 aromatic heterocycles. The molecule has 0 saturated carbocycles. The molecule has 0 amide bonds. The highest BCUT2D eigenvalue weighted by Crippen LogP contribution is 2.34. The number of aliphatic hydroxyl groups is 1. The minimum atomic E-state index is -0.569. The molecule has 0 aliphatic heterocycles. The minimum absolute atomic E-state index is 0.104. The van der Waals surface area contributed by atoms with Crippen LogP contribution in [-0.4, -0.2) is 33.0 Å². The van der Waals surface area contributed by atoms with E-state index in [9.17, 15) is 5.11 Å². The predicted octanol–water partition coefficient (Wildman–Crippen LogP) is 2.41. The first kappa shape index (κ1) is 14.8. The van der Waals surface area contributed by atoms with Crippen molar-refractivity contribution in [3.8, 4) is 11.5 Å². The zero-order chi connectivity index (χ0) is 13.5. The maximum atomic E-state index is 10.3. The van der Waals surface area contributed by atoms with Gasteiger partial charge in [0.1, 0.15) is 11.5 Å². The summed E-state index contributed by atoms with van der Waals surface area (Å²) in [7, 11) is 4.85. The Balaban J connectivity index is 2.86. The van der Waals surface area contributed by atoms with Crippen LogP contribution in [0.1, 0.15) is 25.0 Å². The average Bonchev–Trinajstić information content (AvgIpc) is 2.43. The SMILES string of the molecule is COCCC(C)C(O)c1ccc(OC)cc1OC. The summed E-state index contributed by atoms with van der Waals surface area (Å²) >= 11 is 0. The van der Waals surface area contributed by atoms with Crippen LogP contribution in [0.3, 0.4) is 0 Å². The van der Waals surface area contributed by atoms with Crippen molar-refractivity contribution in [3.63, 3.8) is 0 Å². The van der Waals surface area contributed by atoms with Crippen molar-refractivity contribution < 1.29 is 19.3 Å². The summed E-state index contributed by atoms with van der Waals surface area (Å²) in [5.41, 5.74) is 0.780. The van der Waals surface area contributed by atoms with Gasteiger partial charge in [0, 0.05) is 25.3 Å². The van der Waals surface area contributed by atoms with Gasteiger partial charge < -0.3 is 19.3 Å². The zero-order valence-electron chi connectivity index (χ0n) is 11.5. The van der Waals surface area contributed by atoms with Gasteiger partial charge in [0.15, 0.2) is 0 Å². The second-order valence-electron chi connectivity index (χ2n) is 4.31. The second kappa shape index (κ2) is 7.24. The van der Waals surface area contributed by atoms with E-state index in [0.717, 1.165) is 12.0 Å². The quantitative estimate of drug-likeness (QED) is 0.811. The molecular weight excluding hydrogens is 232 g/mol. The maximum absolute atomic E-state index is 10.3. The number of hydrogen-bond donors (Lipinski definition) is 1. The summed E-state index contributed by atoms with van der Waals surface area (Å²) in [6, 6.07) is 5.44. The second-order valence-corrected chi connectivity index (χ2v) is 4.31. The lowest BCUT2D eigenvalue weighted by molar-refractivity contribution is 0.0865. The highest BCUT2D eigenvalue weighted by Gasteiger charge is 2.20. The van der Waals surface area contributed by atoms with Crippen LogP contribution in [0.15, 0.2) is 18.2 Å². The molecule has 1 aromatic carbocycles. The highest BCUT2D eigenvalue weighted by molar-refractivity contribution is 5.42. The third-order valence-corrected chi connectivity index (χ3v) is 3.08. The average molecular weight is 254 g/mol. The zero-order valence-corrected chi connectivity index (χ0v) is 11.5. The highest BCUT2D eigenvalue weighted by atomic mass is 16.5. The fourth-order valence-corrected chi connectivity index (χ4v) is 1.83. The normalized spacial score (nSPS) is 14.1. The molecule has 4 nitrogen and oxygen atoms in total. The molecule has 2 atom stereocenters. The lowest BCUT2D eigenvalue weighted by Gasteiger charge is -2.21. The molecule has 1 rings (SSSR count). The Morgan fingerprint density at radius 2 is 1.89 bits per heavy atom. The van der Waals surface area contributed by atoms with Crippen LogP contribution in [0.4, 0.5) is 0 Å². The van der Waals surface area contributed by atoms with Gasteiger partial charge >= 0.3 is 0 Å². The predicted molar refractivity (Wildman–Crippen MR) is 70.2 cm³/mol. The number of methoxy groups -OCH3 is 3. The van der Waals surface area contributed by atoms with Gasteiger partial charge in [0.2, 0.25) is 0 Å². The standard InChI is InChI=1S/C14H22O4/c1-10(7-8-16-2)14(15)12-6-5-11(17-3)9-13(12)18-4/h5-6,9-10,14-15H,7-8H2,1-4H3. The van der Waals surface area contributed by atoms with Gasteiger partial charge in [-0.1, -0.05) is 6.92 Å². The molecule has 0 heterocycles. The maximum Gasteiger partial charge on any atom is 0.128 e. The van der Waals surface area contributed by atoms with Crippen LogP contribution in [-0.2, 0) is 4.74 Å². The van der Waals surface area contributed by atoms with Crippen LogP contribution in [0, 0.1) is 5.92 Å². The van der Waals surface area contributed by atoms with Crippen molar-refractivity contribution in [2.24, 2.45) is 5.92 Å². The monoisotopic (exact) mass is 254 g/mol. The van der Waals surface area contributed by atoms with Gasteiger partial charge in [-0.2, -0.15) is 0 Å². The van der Waals surface area contributed by atoms with E-state index >= 15 is 0 Å². The van der Waals surface area contributed by atoms with Crippen molar-refractivity contribution in [1.82, 2.24) is 0 Å². The van der Waals surface area contributed by atoms with Gasteiger partial charge in [-0.05, 0) is 24.5 Å². The number of hydrogen-bond acceptors (Lipinski definition) is 4. The summed E-state index contributed by atoms with van der Waals surface area (Å²) in [5, 5.41) is 10.3. The lowest BCUT2D eigenvalue weighted by Crippen LogP contribution is -2.12. The fourth-order valence-electron chi connectivity index (χ4n) is 1.83. The van der Waals surface area contributed by atoms with E-state index in [1.54, 1.807) is 27.4 Å². The summed E-state index contributed by atoms with van der Waals surface area (Å²) in [6.07, 6.45) is 0.230. The fraction of sp³-hybridized carbons (Fsp3) is 0.571. The van der Waals surface area contributed by atoms with Gasteiger partial charge in [0.25, 0.3) is 0 Å². The van der Waals surface area contributed by atoms with Crippen LogP contribution >= 0.6 is 0 Å². The van der Waals surface area contributed by atoms with Gasteiger partial charge in [-0.3, -0.25) is 0 Å². The first-order valence-corrected chi connectivity index (χ1v) is 6.03. The molecule has 0 aliphatic rings. The minimum Gasteiger partial charge on any atom is -0.497 e. The van der Waals surface area contributed by atoms with Gasteiger partial charge in [0.05, 0.1) is 20.3 Å². The molecule has 0 aliphatic carbocycles. The Morgan fingerprint density at radius 1 is 1.17 bits per heavy atom. The van der Waals surface area contributed by atoms with Crippen LogP contribution < -0.4 is 9.47 Å². The van der Waals surface area contributed by atoms with Crippen molar-refractivity contribution in [1.29, 1.82) is 0 Å². The Kier molecular flexibility index (Phi) is 5.95. The Hall–Kier alpha value is -1.26. The van der Waals surface area contributed by atoms with E-state index in [1.165, 1.54) is 0 Å². The number of ether oxygens (including phenoxy) is 3. The van der Waals surface area contributed by atoms with Crippen molar-refractivity contribution in [3.05, 3.63) is 23.8 Å². The Bertz CT molecular complexity index is 365. The van der Waals surface area contributed by atoms with Crippen LogP contribution in [0.5, 0.6) is 11.5 Å². The Labute approximate surface area is 108 Å². The van der Waals surface area contributed by atoms with E-state index in [-0.39, 0.29) is 5.92 Å². The van der Waals surface area contributed by atoms with E-state index in [2.05, 4.69) is 0 Å². The Morgan fingerprint density at radius 3 is 2.44 bits per heavy atom. The van der Waals surface area contributed by atoms with Crippen LogP contribution in [0.25, 0.3) is 0 Å². The van der Waals surface area contributed by atoms with E-state index < -0.39 is 6.10 Å². The number of aliphatic hydroxyl groups excluding tert-OH is 1. The molecule has 102 valence electrons. The summed E-state index contributed by atoms with van der Waals surface area (Å²) < 4.78 is 15.5. The smallest absolute Gasteiger partial charge is 0.128 e. The molecule has 2 unspecified atom stereocenters. The first-order chi connectivity index (χ1) is 8.63. The van der Waals surface area contributed by atoms with E-state index in [1.807, 2.05) is 19.1 Å². The number of rotatable bonds is 7. The third-order valence-electron chi connectivity index (χ3n) is 3.08.